The van der Waals surface area contributed by atoms with E-state index in [0.29, 0.717) is 30.8 Å². The Balaban J connectivity index is 1.24. The van der Waals surface area contributed by atoms with Crippen LogP contribution in [-0.2, 0) is 13.0 Å². The zero-order valence-corrected chi connectivity index (χ0v) is 16.4. The van der Waals surface area contributed by atoms with Crippen molar-refractivity contribution in [3.8, 4) is 5.75 Å². The van der Waals surface area contributed by atoms with E-state index in [4.69, 9.17) is 4.74 Å². The van der Waals surface area contributed by atoms with Crippen LogP contribution in [0.15, 0.2) is 67.3 Å². The lowest BCUT2D eigenvalue weighted by atomic mass is 9.96. The van der Waals surface area contributed by atoms with E-state index in [9.17, 15) is 4.79 Å². The maximum absolute atomic E-state index is 12.6. The number of imidazole rings is 1. The average molecular weight is 399 g/mol. The number of carbonyl (C=O) groups excluding carboxylic acids is 1. The second-order valence-corrected chi connectivity index (χ2v) is 7.46. The molecule has 0 aliphatic carbocycles. The molecule has 4 aromatic rings. The first-order chi connectivity index (χ1) is 14.8. The van der Waals surface area contributed by atoms with Gasteiger partial charge < -0.3 is 14.6 Å². The van der Waals surface area contributed by atoms with Crippen LogP contribution < -0.4 is 10.1 Å². The molecule has 0 radical (unpaired) electrons. The number of hydrogen-bond donors (Lipinski definition) is 1. The Labute approximate surface area is 173 Å². The van der Waals surface area contributed by atoms with Gasteiger partial charge in [-0.15, -0.1) is 0 Å². The van der Waals surface area contributed by atoms with Crippen LogP contribution in [0.4, 0.5) is 0 Å². The number of para-hydroxylation sites is 1. The van der Waals surface area contributed by atoms with E-state index < -0.39 is 0 Å². The summed E-state index contributed by atoms with van der Waals surface area (Å²) in [6.07, 6.45) is 5.98. The maximum atomic E-state index is 12.6. The molecule has 1 amide bonds. The molecule has 0 spiro atoms. The number of aromatic nitrogens is 4. The molecule has 5 rings (SSSR count). The van der Waals surface area contributed by atoms with Crippen molar-refractivity contribution >= 4 is 17.1 Å². The fourth-order valence-corrected chi connectivity index (χ4v) is 3.72. The second-order valence-electron chi connectivity index (χ2n) is 7.46. The summed E-state index contributed by atoms with van der Waals surface area (Å²) in [5.74, 6) is 1.04. The third kappa shape index (κ3) is 3.74. The van der Waals surface area contributed by atoms with E-state index in [1.165, 1.54) is 5.56 Å². The molecule has 3 aromatic heterocycles. The van der Waals surface area contributed by atoms with Gasteiger partial charge in [0.05, 0.1) is 30.7 Å². The van der Waals surface area contributed by atoms with E-state index in [-0.39, 0.29) is 11.8 Å². The van der Waals surface area contributed by atoms with Gasteiger partial charge in [-0.05, 0) is 36.2 Å². The Hall–Kier alpha value is -3.74. The largest absolute Gasteiger partial charge is 0.493 e. The number of carbonyl (C=O) groups is 1. The van der Waals surface area contributed by atoms with Gasteiger partial charge in [-0.2, -0.15) is 0 Å². The smallest absolute Gasteiger partial charge is 0.252 e. The predicted molar refractivity (Wildman–Crippen MR) is 112 cm³/mol. The van der Waals surface area contributed by atoms with E-state index in [0.717, 1.165) is 23.5 Å². The molecule has 7 heteroatoms. The minimum atomic E-state index is -0.150. The summed E-state index contributed by atoms with van der Waals surface area (Å²) in [5, 5.41) is 3.01. The lowest BCUT2D eigenvalue weighted by molar-refractivity contribution is 0.0939. The first-order valence-corrected chi connectivity index (χ1v) is 9.96. The highest BCUT2D eigenvalue weighted by molar-refractivity contribution is 5.96. The summed E-state index contributed by atoms with van der Waals surface area (Å²) < 4.78 is 7.73. The Morgan fingerprint density at radius 2 is 2.03 bits per heavy atom. The highest BCUT2D eigenvalue weighted by Crippen LogP contribution is 2.26. The van der Waals surface area contributed by atoms with Gasteiger partial charge in [-0.25, -0.2) is 9.97 Å². The summed E-state index contributed by atoms with van der Waals surface area (Å²) in [5.41, 5.74) is 4.03. The Bertz CT molecular complexity index is 1190. The van der Waals surface area contributed by atoms with Crippen molar-refractivity contribution in [2.24, 2.45) is 5.92 Å². The number of benzene rings is 1. The van der Waals surface area contributed by atoms with Crippen molar-refractivity contribution in [3.63, 3.8) is 0 Å². The van der Waals surface area contributed by atoms with Crippen molar-refractivity contribution in [1.29, 1.82) is 0 Å². The third-order valence-corrected chi connectivity index (χ3v) is 5.28. The van der Waals surface area contributed by atoms with E-state index in [1.807, 2.05) is 41.0 Å². The number of hydrogen-bond acceptors (Lipinski definition) is 5. The second kappa shape index (κ2) is 7.94. The van der Waals surface area contributed by atoms with Gasteiger partial charge >= 0.3 is 0 Å². The molecular weight excluding hydrogens is 378 g/mol. The molecule has 0 bridgehead atoms. The minimum Gasteiger partial charge on any atom is -0.493 e. The topological polar surface area (TPSA) is 81.9 Å². The number of rotatable bonds is 5. The Morgan fingerprint density at radius 3 is 2.93 bits per heavy atom. The van der Waals surface area contributed by atoms with Gasteiger partial charge in [0.25, 0.3) is 5.91 Å². The third-order valence-electron chi connectivity index (χ3n) is 5.28. The lowest BCUT2D eigenvalue weighted by Crippen LogP contribution is -2.34. The fraction of sp³-hybridized carbons (Fsp3) is 0.217. The zero-order valence-electron chi connectivity index (χ0n) is 16.4. The number of ether oxygens (including phenoxy) is 1. The molecule has 0 saturated heterocycles. The van der Waals surface area contributed by atoms with Crippen LogP contribution in [0, 0.1) is 5.92 Å². The molecule has 1 unspecified atom stereocenters. The molecule has 7 nitrogen and oxygen atoms in total. The molecule has 1 atom stereocenters. The van der Waals surface area contributed by atoms with Crippen molar-refractivity contribution in [2.45, 2.75) is 13.0 Å². The minimum absolute atomic E-state index is 0.150. The monoisotopic (exact) mass is 399 g/mol. The molecular formula is C23H21N5O2. The normalized spacial score (nSPS) is 15.4. The number of pyridine rings is 2. The molecule has 0 fully saturated rings. The first-order valence-electron chi connectivity index (χ1n) is 9.96. The summed E-state index contributed by atoms with van der Waals surface area (Å²) in [6, 6.07) is 15.6. The Morgan fingerprint density at radius 1 is 1.13 bits per heavy atom. The van der Waals surface area contributed by atoms with Crippen LogP contribution in [0.2, 0.25) is 0 Å². The molecule has 1 N–H and O–H groups in total. The number of fused-ring (bicyclic) bond motifs is 2. The standard InChI is InChI=1S/C23H21N5O2/c29-23(26-11-16-9-17-5-1-2-7-21(17)30-14-16)18-10-20-22(25-12-18)28(15-27-20)13-19-6-3-4-8-24-19/h1-8,10,12,15-16H,9,11,13-14H2,(H,26,29). The highest BCUT2D eigenvalue weighted by Gasteiger charge is 2.20. The van der Waals surface area contributed by atoms with Gasteiger partial charge in [0.1, 0.15) is 11.3 Å². The molecule has 4 heterocycles. The SMILES string of the molecule is O=C(NCC1COc2ccccc2C1)c1cnc2c(c1)ncn2Cc1ccccn1. The van der Waals surface area contributed by atoms with Gasteiger partial charge in [0.15, 0.2) is 5.65 Å². The Kier molecular flexibility index (Phi) is 4.85. The van der Waals surface area contributed by atoms with Crippen LogP contribution in [0.25, 0.3) is 11.2 Å². The summed E-state index contributed by atoms with van der Waals surface area (Å²) >= 11 is 0. The van der Waals surface area contributed by atoms with Crippen LogP contribution >= 0.6 is 0 Å². The first kappa shape index (κ1) is 18.3. The van der Waals surface area contributed by atoms with Gasteiger partial charge in [0.2, 0.25) is 0 Å². The van der Waals surface area contributed by atoms with Gasteiger partial charge in [-0.1, -0.05) is 24.3 Å². The van der Waals surface area contributed by atoms with Gasteiger partial charge in [0, 0.05) is 24.9 Å². The van der Waals surface area contributed by atoms with Crippen molar-refractivity contribution < 1.29 is 9.53 Å². The number of nitrogens with one attached hydrogen (secondary N) is 1. The quantitative estimate of drug-likeness (QED) is 0.558. The predicted octanol–water partition coefficient (Wildman–Crippen LogP) is 2.86. The fourth-order valence-electron chi connectivity index (χ4n) is 3.72. The zero-order chi connectivity index (χ0) is 20.3. The van der Waals surface area contributed by atoms with E-state index >= 15 is 0 Å². The average Bonchev–Trinajstić information content (AvgIpc) is 3.20. The summed E-state index contributed by atoms with van der Waals surface area (Å²) in [4.78, 5) is 25.9. The van der Waals surface area contributed by atoms with Crippen LogP contribution in [0.5, 0.6) is 5.75 Å². The van der Waals surface area contributed by atoms with Gasteiger partial charge in [-0.3, -0.25) is 9.78 Å². The molecule has 30 heavy (non-hydrogen) atoms. The summed E-state index contributed by atoms with van der Waals surface area (Å²) in [6.45, 7) is 1.74. The van der Waals surface area contributed by atoms with Crippen molar-refractivity contribution in [1.82, 2.24) is 24.8 Å². The summed E-state index contributed by atoms with van der Waals surface area (Å²) in [7, 11) is 0. The van der Waals surface area contributed by atoms with Crippen molar-refractivity contribution in [2.75, 3.05) is 13.2 Å². The highest BCUT2D eigenvalue weighted by atomic mass is 16.5. The molecule has 1 aliphatic rings. The van der Waals surface area contributed by atoms with E-state index in [1.54, 1.807) is 24.8 Å². The van der Waals surface area contributed by atoms with Crippen molar-refractivity contribution in [3.05, 3.63) is 84.1 Å². The molecule has 150 valence electrons. The van der Waals surface area contributed by atoms with Crippen LogP contribution in [-0.4, -0.2) is 38.6 Å². The van der Waals surface area contributed by atoms with Crippen LogP contribution in [0.3, 0.4) is 0 Å². The number of amides is 1. The van der Waals surface area contributed by atoms with E-state index in [2.05, 4.69) is 26.3 Å². The maximum Gasteiger partial charge on any atom is 0.252 e. The number of nitrogens with zero attached hydrogens (tertiary/aromatic N) is 4. The van der Waals surface area contributed by atoms with Crippen LogP contribution in [0.1, 0.15) is 21.6 Å². The lowest BCUT2D eigenvalue weighted by Gasteiger charge is -2.25. The molecule has 1 aliphatic heterocycles. The molecule has 1 aromatic carbocycles. The molecule has 0 saturated carbocycles.